The third-order valence-electron chi connectivity index (χ3n) is 2.73. The minimum Gasteiger partial charge on any atom is -0.491 e. The molecule has 0 radical (unpaired) electrons. The number of nitrogens with one attached hydrogen (secondary N) is 1. The Bertz CT molecular complexity index is 386. The first-order valence-electron chi connectivity index (χ1n) is 5.59. The Balaban J connectivity index is 2.97. The van der Waals surface area contributed by atoms with Gasteiger partial charge in [-0.15, -0.1) is 0 Å². The lowest BCUT2D eigenvalue weighted by atomic mass is 9.92. The van der Waals surface area contributed by atoms with Crippen molar-refractivity contribution in [1.82, 2.24) is 5.32 Å². The number of ether oxygens (including phenoxy) is 1. The lowest BCUT2D eigenvalue weighted by Crippen LogP contribution is -2.44. The molecule has 0 saturated carbocycles. The Labute approximate surface area is 102 Å². The van der Waals surface area contributed by atoms with E-state index in [0.717, 1.165) is 5.75 Å². The Kier molecular flexibility index (Phi) is 4.12. The Morgan fingerprint density at radius 2 is 1.88 bits per heavy atom. The molecule has 17 heavy (non-hydrogen) atoms. The van der Waals surface area contributed by atoms with Crippen LogP contribution in [-0.4, -0.2) is 24.2 Å². The highest BCUT2D eigenvalue weighted by molar-refractivity contribution is 5.80. The molecule has 1 rings (SSSR count). The highest BCUT2D eigenvalue weighted by Crippen LogP contribution is 2.23. The lowest BCUT2D eigenvalue weighted by Gasteiger charge is -2.25. The van der Waals surface area contributed by atoms with Gasteiger partial charge in [0.2, 0.25) is 0 Å². The molecule has 0 saturated heterocycles. The second-order valence-corrected chi connectivity index (χ2v) is 4.37. The molecule has 0 aliphatic rings. The van der Waals surface area contributed by atoms with Crippen LogP contribution in [0.5, 0.6) is 5.75 Å². The van der Waals surface area contributed by atoms with Crippen LogP contribution >= 0.6 is 0 Å². The van der Waals surface area contributed by atoms with E-state index in [0.29, 0.717) is 5.56 Å². The summed E-state index contributed by atoms with van der Waals surface area (Å²) in [5.41, 5.74) is -0.375. The van der Waals surface area contributed by atoms with E-state index in [1.54, 1.807) is 38.2 Å². The molecule has 2 N–H and O–H groups in total. The van der Waals surface area contributed by atoms with E-state index in [4.69, 9.17) is 4.74 Å². The fraction of sp³-hybridized carbons (Fsp3) is 0.462. The summed E-state index contributed by atoms with van der Waals surface area (Å²) in [5.74, 6) is -0.162. The summed E-state index contributed by atoms with van der Waals surface area (Å²) in [6.07, 6.45) is 0.107. The van der Waals surface area contributed by atoms with Gasteiger partial charge in [-0.25, -0.2) is 4.79 Å². The van der Waals surface area contributed by atoms with E-state index < -0.39 is 11.5 Å². The summed E-state index contributed by atoms with van der Waals surface area (Å²) in [6, 6.07) is 7.10. The number of carbonyl (C=O) groups is 1. The molecule has 1 aromatic carbocycles. The van der Waals surface area contributed by atoms with Crippen LogP contribution in [0.15, 0.2) is 24.3 Å². The number of carboxylic acids is 1. The average molecular weight is 237 g/mol. The first-order valence-corrected chi connectivity index (χ1v) is 5.59. The normalized spacial score (nSPS) is 14.4. The highest BCUT2D eigenvalue weighted by atomic mass is 16.5. The fourth-order valence-electron chi connectivity index (χ4n) is 1.51. The maximum Gasteiger partial charge on any atom is 0.328 e. The van der Waals surface area contributed by atoms with Crippen molar-refractivity contribution in [3.8, 4) is 5.75 Å². The third kappa shape index (κ3) is 2.97. The van der Waals surface area contributed by atoms with Crippen molar-refractivity contribution >= 4 is 5.97 Å². The molecule has 1 aromatic rings. The minimum absolute atomic E-state index is 0.107. The highest BCUT2D eigenvalue weighted by Gasteiger charge is 2.33. The van der Waals surface area contributed by atoms with Crippen LogP contribution in [0.1, 0.15) is 26.3 Å². The van der Waals surface area contributed by atoms with Gasteiger partial charge in [0.05, 0.1) is 6.10 Å². The SMILES string of the molecule is CNC(C)(C(=O)O)c1ccc(OC(C)C)cc1. The first-order chi connectivity index (χ1) is 7.90. The van der Waals surface area contributed by atoms with E-state index in [1.165, 1.54) is 0 Å². The van der Waals surface area contributed by atoms with Crippen molar-refractivity contribution in [3.05, 3.63) is 29.8 Å². The number of aliphatic carboxylic acids is 1. The molecule has 0 spiro atoms. The standard InChI is InChI=1S/C13H19NO3/c1-9(2)17-11-7-5-10(6-8-11)13(3,14-4)12(15)16/h5-9,14H,1-4H3,(H,15,16). The monoisotopic (exact) mass is 237 g/mol. The van der Waals surface area contributed by atoms with Gasteiger partial charge < -0.3 is 15.2 Å². The zero-order chi connectivity index (χ0) is 13.1. The van der Waals surface area contributed by atoms with E-state index in [9.17, 15) is 9.90 Å². The van der Waals surface area contributed by atoms with E-state index >= 15 is 0 Å². The van der Waals surface area contributed by atoms with Gasteiger partial charge in [0.25, 0.3) is 0 Å². The third-order valence-corrected chi connectivity index (χ3v) is 2.73. The summed E-state index contributed by atoms with van der Waals surface area (Å²) in [6.45, 7) is 5.53. The fourth-order valence-corrected chi connectivity index (χ4v) is 1.51. The van der Waals surface area contributed by atoms with Gasteiger partial charge in [0, 0.05) is 0 Å². The van der Waals surface area contributed by atoms with E-state index in [-0.39, 0.29) is 6.10 Å². The molecule has 0 amide bonds. The minimum atomic E-state index is -1.07. The van der Waals surface area contributed by atoms with E-state index in [2.05, 4.69) is 5.32 Å². The van der Waals surface area contributed by atoms with Gasteiger partial charge in [-0.2, -0.15) is 0 Å². The van der Waals surface area contributed by atoms with Crippen molar-refractivity contribution in [2.24, 2.45) is 0 Å². The molecule has 0 fully saturated rings. The first kappa shape index (κ1) is 13.5. The van der Waals surface area contributed by atoms with Crippen molar-refractivity contribution in [3.63, 3.8) is 0 Å². The van der Waals surface area contributed by atoms with E-state index in [1.807, 2.05) is 13.8 Å². The van der Waals surface area contributed by atoms with Crippen LogP contribution in [0.3, 0.4) is 0 Å². The second kappa shape index (κ2) is 5.19. The van der Waals surface area contributed by atoms with Crippen LogP contribution in [0.2, 0.25) is 0 Å². The smallest absolute Gasteiger partial charge is 0.328 e. The van der Waals surface area contributed by atoms with Gasteiger partial charge in [-0.05, 0) is 45.5 Å². The molecular formula is C13H19NO3. The van der Waals surface area contributed by atoms with Crippen LogP contribution in [-0.2, 0) is 10.3 Å². The van der Waals surface area contributed by atoms with Gasteiger partial charge in [-0.1, -0.05) is 12.1 Å². The summed E-state index contributed by atoms with van der Waals surface area (Å²) < 4.78 is 5.51. The Hall–Kier alpha value is -1.55. The van der Waals surface area contributed by atoms with Crippen LogP contribution in [0, 0.1) is 0 Å². The number of hydrogen-bond donors (Lipinski definition) is 2. The summed E-state index contributed by atoms with van der Waals surface area (Å²) in [7, 11) is 1.63. The largest absolute Gasteiger partial charge is 0.491 e. The molecule has 0 aliphatic carbocycles. The summed E-state index contributed by atoms with van der Waals surface area (Å²) >= 11 is 0. The van der Waals surface area contributed by atoms with Crippen molar-refractivity contribution in [2.75, 3.05) is 7.05 Å². The molecule has 0 aromatic heterocycles. The molecule has 4 heteroatoms. The molecule has 1 atom stereocenters. The van der Waals surface area contributed by atoms with Crippen LogP contribution in [0.25, 0.3) is 0 Å². The zero-order valence-electron chi connectivity index (χ0n) is 10.7. The van der Waals surface area contributed by atoms with Gasteiger partial charge in [0.15, 0.2) is 0 Å². The second-order valence-electron chi connectivity index (χ2n) is 4.37. The Morgan fingerprint density at radius 3 is 2.24 bits per heavy atom. The number of likely N-dealkylation sites (N-methyl/N-ethyl adjacent to an activating group) is 1. The predicted molar refractivity (Wildman–Crippen MR) is 66.3 cm³/mol. The van der Waals surface area contributed by atoms with Crippen LogP contribution in [0.4, 0.5) is 0 Å². The number of carboxylic acid groups (broad SMARTS) is 1. The molecular weight excluding hydrogens is 218 g/mol. The molecule has 0 heterocycles. The maximum absolute atomic E-state index is 11.2. The summed E-state index contributed by atoms with van der Waals surface area (Å²) in [4.78, 5) is 11.2. The zero-order valence-corrected chi connectivity index (χ0v) is 10.7. The number of hydrogen-bond acceptors (Lipinski definition) is 3. The quantitative estimate of drug-likeness (QED) is 0.822. The Morgan fingerprint density at radius 1 is 1.35 bits per heavy atom. The molecule has 0 aliphatic heterocycles. The van der Waals surface area contributed by atoms with Crippen molar-refractivity contribution in [2.45, 2.75) is 32.4 Å². The van der Waals surface area contributed by atoms with Gasteiger partial charge >= 0.3 is 5.97 Å². The molecule has 4 nitrogen and oxygen atoms in total. The average Bonchev–Trinajstić information content (AvgIpc) is 2.28. The topological polar surface area (TPSA) is 58.6 Å². The maximum atomic E-state index is 11.2. The predicted octanol–water partition coefficient (Wildman–Crippen LogP) is 1.99. The molecule has 0 bridgehead atoms. The number of rotatable bonds is 5. The van der Waals surface area contributed by atoms with Crippen molar-refractivity contribution < 1.29 is 14.6 Å². The summed E-state index contributed by atoms with van der Waals surface area (Å²) in [5, 5.41) is 12.0. The van der Waals surface area contributed by atoms with Crippen molar-refractivity contribution in [1.29, 1.82) is 0 Å². The molecule has 94 valence electrons. The lowest BCUT2D eigenvalue weighted by molar-refractivity contribution is -0.144. The van der Waals surface area contributed by atoms with Crippen LogP contribution < -0.4 is 10.1 Å². The molecule has 1 unspecified atom stereocenters. The van der Waals surface area contributed by atoms with Gasteiger partial charge in [-0.3, -0.25) is 0 Å². The van der Waals surface area contributed by atoms with Gasteiger partial charge in [0.1, 0.15) is 11.3 Å². The number of benzene rings is 1.